The maximum absolute atomic E-state index is 10.0. The summed E-state index contributed by atoms with van der Waals surface area (Å²) in [6.45, 7) is 21.2. The second-order valence-corrected chi connectivity index (χ2v) is 38.0. The Morgan fingerprint density at radius 1 is 0.356 bits per heavy atom. The van der Waals surface area contributed by atoms with Crippen molar-refractivity contribution in [2.75, 3.05) is 4.90 Å². The first-order valence-corrected chi connectivity index (χ1v) is 48.6. The number of ketones is 1. The molecule has 17 heteroatoms. The zero-order valence-corrected chi connectivity index (χ0v) is 92.8. The maximum atomic E-state index is 10.0. The third-order valence-corrected chi connectivity index (χ3v) is 27.1. The second kappa shape index (κ2) is 45.5. The van der Waals surface area contributed by atoms with Crippen LogP contribution in [-0.4, -0.2) is 55.3 Å². The molecule has 14 aromatic carbocycles. The van der Waals surface area contributed by atoms with Crippen molar-refractivity contribution < 1.29 is 95.7 Å². The van der Waals surface area contributed by atoms with E-state index in [9.17, 15) is 4.79 Å². The van der Waals surface area contributed by atoms with Gasteiger partial charge in [-0.05, 0) is 173 Å². The predicted molar refractivity (Wildman–Crippen MR) is 589 cm³/mol. The molecule has 9 aromatic heterocycles. The van der Waals surface area contributed by atoms with Crippen LogP contribution < -0.4 is 4.90 Å². The quantitative estimate of drug-likeness (QED) is 0.0662. The summed E-state index contributed by atoms with van der Waals surface area (Å²) in [5.74, 6) is 0.620. The molecule has 23 aromatic rings. The molecule has 0 saturated heterocycles. The molecule has 1 aliphatic carbocycles. The van der Waals surface area contributed by atoms with Crippen molar-refractivity contribution in [3.05, 3.63) is 506 Å². The number of carbonyl (C=O) groups is 1. The third-order valence-electron chi connectivity index (χ3n) is 27.1. The second-order valence-electron chi connectivity index (χ2n) is 38.0. The van der Waals surface area contributed by atoms with E-state index in [1.54, 1.807) is 12.4 Å². The number of allylic oxidation sites excluding steroid dienone is 2. The number of furan rings is 1. The van der Waals surface area contributed by atoms with Crippen LogP contribution in [-0.2, 0) is 102 Å². The summed E-state index contributed by atoms with van der Waals surface area (Å²) >= 11 is 0. The van der Waals surface area contributed by atoms with Crippen molar-refractivity contribution >= 4 is 77.5 Å². The van der Waals surface area contributed by atoms with E-state index in [0.29, 0.717) is 5.82 Å². The Balaban J connectivity index is 0.000000132. The summed E-state index contributed by atoms with van der Waals surface area (Å²) in [6.07, 6.45) is 10.3. The summed E-state index contributed by atoms with van der Waals surface area (Å²) in [7, 11) is 0. The molecule has 0 atom stereocenters. The van der Waals surface area contributed by atoms with Crippen LogP contribution in [0.1, 0.15) is 99.9 Å². The fourth-order valence-electron chi connectivity index (χ4n) is 19.8. The van der Waals surface area contributed by atoms with Gasteiger partial charge in [0.25, 0.3) is 0 Å². The van der Waals surface area contributed by atoms with Gasteiger partial charge in [-0.15, -0.1) is 191 Å². The molecule has 0 bridgehead atoms. The monoisotopic (exact) mass is 2650 g/mol. The van der Waals surface area contributed by atoms with Crippen LogP contribution >= 0.6 is 0 Å². The van der Waals surface area contributed by atoms with Crippen molar-refractivity contribution in [2.45, 2.75) is 85.5 Å². The molecule has 149 heavy (non-hydrogen) atoms. The van der Waals surface area contributed by atoms with Crippen LogP contribution in [0.15, 0.2) is 429 Å². The number of hydrogen-bond acceptors (Lipinski definition) is 12. The Morgan fingerprint density at radius 3 is 1.34 bits per heavy atom. The first-order valence-electron chi connectivity index (χ1n) is 48.6. The van der Waals surface area contributed by atoms with E-state index in [2.05, 4.69) is 332 Å². The van der Waals surface area contributed by atoms with Crippen LogP contribution in [0.25, 0.3) is 173 Å². The third kappa shape index (κ3) is 21.7. The van der Waals surface area contributed by atoms with Gasteiger partial charge < -0.3 is 43.9 Å². The number of anilines is 3. The number of aromatic nitrogens is 9. The van der Waals surface area contributed by atoms with Gasteiger partial charge in [-0.2, -0.15) is 0 Å². The van der Waals surface area contributed by atoms with E-state index in [-0.39, 0.29) is 109 Å². The number of para-hydroxylation sites is 4. The standard InChI is InChI=1S/C46H34N4.C29H22N3.C24H18N.C17H10NO.C11H8N.C5H8O2.3Ir.Pt/c1-45(2)36-19-11-17-34-35-18-12-20-37-43(35)50(42(34)36)44-38(45)27-33(28-39(44)46(37,3)4)49(31-15-9-13-29(25-31)40-21-5-7-23-47-40)32-16-10-14-30(26-32)41-22-6-8-24-48-41;1-20-6-10-23(11-7-20)27-19-28(24-12-8-21(2)9-13-24)32-29(31-27)25-16-14-22(15-17-25)26-5-3-4-18-30-26;1-24(2)20-9-5-4-8-18(20)19-13-11-17(15-21(19)24)23-14-12-16-7-3-6-10-22(16)25-23;1-2-6-12(7-3-1)15-10-17-14(11-18-15)13-8-4-5-9-16(13)19-17;1-2-6-10(7-3-1)11-8-4-5-9-12-11;1-4(6)3-5(2)7;;;;/h5-24,27-28H,1-4H3;3-14,16-19H,1-2H3;3-10,12-15H,1-2H3;1-6,8-11H;1-6,8-9H;3,6H,1-2H3;;;;/q-2;4*-1;;;;;+2. The summed E-state index contributed by atoms with van der Waals surface area (Å²) in [5.41, 5.74) is 38.6. The average molecular weight is 2650 g/mol. The van der Waals surface area contributed by atoms with Crippen LogP contribution in [0.3, 0.4) is 0 Å². The Morgan fingerprint density at radius 2 is 0.819 bits per heavy atom. The molecule has 2 aliphatic heterocycles. The number of nitrogens with zero attached hydrogens (tertiary/aromatic N) is 10. The van der Waals surface area contributed by atoms with E-state index in [1.807, 2.05) is 195 Å². The number of rotatable bonds is 13. The number of benzene rings is 14. The number of aliphatic hydroxyl groups excluding tert-OH is 1. The molecule has 1 N–H and O–H groups in total. The summed E-state index contributed by atoms with van der Waals surface area (Å²) in [5, 5.41) is 14.3. The van der Waals surface area contributed by atoms with Gasteiger partial charge in [0.05, 0.1) is 39.4 Å². The smallest absolute Gasteiger partial charge is 0.512 e. The molecule has 0 fully saturated rings. The Hall–Kier alpha value is -15.4. The van der Waals surface area contributed by atoms with Crippen molar-refractivity contribution in [3.63, 3.8) is 0 Å². The minimum Gasteiger partial charge on any atom is -0.512 e. The molecule has 0 amide bonds. The molecular formula is C132H100Ir3N10O3Pt-4. The van der Waals surface area contributed by atoms with Gasteiger partial charge >= 0.3 is 21.1 Å². The van der Waals surface area contributed by atoms with Crippen molar-refractivity contribution in [2.24, 2.45) is 0 Å². The van der Waals surface area contributed by atoms with Crippen LogP contribution in [0.5, 0.6) is 0 Å². The van der Waals surface area contributed by atoms with E-state index < -0.39 is 0 Å². The Bertz CT molecular complexity index is 8500. The number of carbonyl (C=O) groups excluding carboxylic acids is 1. The van der Waals surface area contributed by atoms with E-state index in [1.165, 1.54) is 108 Å². The van der Waals surface area contributed by atoms with E-state index in [0.717, 1.165) is 140 Å². The summed E-state index contributed by atoms with van der Waals surface area (Å²) < 4.78 is 8.44. The molecule has 3 aliphatic rings. The number of fused-ring (bicyclic) bond motifs is 8. The molecule has 26 rings (SSSR count). The topological polar surface area (TPSA) is 162 Å². The van der Waals surface area contributed by atoms with Gasteiger partial charge in [0.2, 0.25) is 0 Å². The van der Waals surface area contributed by atoms with Crippen LogP contribution in [0, 0.1) is 50.2 Å². The molecule has 0 spiro atoms. The van der Waals surface area contributed by atoms with E-state index >= 15 is 0 Å². The fraction of sp³-hybridized carbons (Fsp3) is 0.0985. The number of hydrogen-bond donors (Lipinski definition) is 1. The molecule has 11 heterocycles. The van der Waals surface area contributed by atoms with Gasteiger partial charge in [-0.25, -0.2) is 9.97 Å². The summed E-state index contributed by atoms with van der Waals surface area (Å²) in [4.78, 5) is 49.4. The van der Waals surface area contributed by atoms with Gasteiger partial charge in [-0.3, -0.25) is 9.78 Å². The van der Waals surface area contributed by atoms with Gasteiger partial charge in [0.15, 0.2) is 5.78 Å². The normalized spacial score (nSPS) is 12.4. The van der Waals surface area contributed by atoms with Crippen molar-refractivity contribution in [1.29, 1.82) is 0 Å². The summed E-state index contributed by atoms with van der Waals surface area (Å²) in [6, 6.07) is 152. The maximum Gasteiger partial charge on any atom is 2.00 e. The van der Waals surface area contributed by atoms with Crippen LogP contribution in [0.4, 0.5) is 17.1 Å². The van der Waals surface area contributed by atoms with Gasteiger partial charge in [-0.1, -0.05) is 276 Å². The molecule has 0 unspecified atom stereocenters. The van der Waals surface area contributed by atoms with Crippen molar-refractivity contribution in [3.8, 4) is 118 Å². The number of aliphatic hydroxyl groups is 1. The largest absolute Gasteiger partial charge is 2.00 e. The van der Waals surface area contributed by atoms with Gasteiger partial charge in [0, 0.05) is 147 Å². The van der Waals surface area contributed by atoms with E-state index in [4.69, 9.17) is 24.5 Å². The molecule has 0 saturated carbocycles. The molecule has 737 valence electrons. The van der Waals surface area contributed by atoms with Crippen LogP contribution in [0.2, 0.25) is 0 Å². The Kier molecular flexibility index (Phi) is 32.0. The first-order chi connectivity index (χ1) is 70.6. The van der Waals surface area contributed by atoms with Gasteiger partial charge in [0.1, 0.15) is 17.0 Å². The number of aryl methyl sites for hydroxylation is 2. The first kappa shape index (κ1) is 105. The average Bonchev–Trinajstić information content (AvgIpc) is 1.52. The molecule has 13 nitrogen and oxygen atoms in total. The molecule has 3 radical (unpaired) electrons. The zero-order chi connectivity index (χ0) is 99.5. The predicted octanol–water partition coefficient (Wildman–Crippen LogP) is 32.2. The fourth-order valence-corrected chi connectivity index (χ4v) is 19.8. The SMILES string of the molecule is CC(=O)C=C(C)O.CC1(C)c2cc(N(c3[c-]c(-c4ccccn4)ccc3)c3[c-]c(-c4ccccn4)ccc3)cc3c2-n2c4c1cccc4c1cccc(c12)C3(C)C.CC1(C)c2ccccc2-c2c[c-]c(-c3ccc4ccccc4n3)cc21.Cc1ccc(-c2cc(-c3ccc(C)cc3)nc(-c3c[c-]c(-c4ccccn4)cc3)n2)cc1.[Ir].[Ir].[Ir].[Pt+2].[c-]1ccccc1-c1cc2oc3ccccc3c2cn1.[c-]1ccccc1-c1ccccn1. The minimum atomic E-state index is -0.248. The number of pyridine rings is 6. The Labute approximate surface area is 923 Å². The zero-order valence-electron chi connectivity index (χ0n) is 83.4. The van der Waals surface area contributed by atoms with Crippen molar-refractivity contribution in [1.82, 2.24) is 44.4 Å². The minimum absolute atomic E-state index is 0. The molecular weight excluding hydrogens is 2550 g/mol.